The van der Waals surface area contributed by atoms with Gasteiger partial charge in [0, 0.05) is 11.4 Å². The lowest BCUT2D eigenvalue weighted by atomic mass is 9.97. The lowest BCUT2D eigenvalue weighted by molar-refractivity contribution is -0.122. The average Bonchev–Trinajstić information content (AvgIpc) is 2.93. The van der Waals surface area contributed by atoms with Crippen molar-refractivity contribution in [2.75, 3.05) is 32.7 Å². The molecule has 1 saturated heterocycles. The van der Waals surface area contributed by atoms with Gasteiger partial charge in [0.15, 0.2) is 0 Å². The van der Waals surface area contributed by atoms with Crippen molar-refractivity contribution in [1.82, 2.24) is 10.2 Å². The van der Waals surface area contributed by atoms with Gasteiger partial charge < -0.3 is 11.1 Å². The number of likely N-dealkylation sites (tertiary alicyclic amines) is 1. The maximum atomic E-state index is 11.8. The Morgan fingerprint density at radius 2 is 2.26 bits per heavy atom. The van der Waals surface area contributed by atoms with Gasteiger partial charge in [-0.2, -0.15) is 0 Å². The highest BCUT2D eigenvalue weighted by atomic mass is 32.1. The highest BCUT2D eigenvalue weighted by Crippen LogP contribution is 2.15. The van der Waals surface area contributed by atoms with Crippen molar-refractivity contribution in [1.29, 1.82) is 0 Å². The normalized spacial score (nSPS) is 17.5. The molecule has 5 heteroatoms. The van der Waals surface area contributed by atoms with Gasteiger partial charge in [0.05, 0.1) is 6.54 Å². The molecule has 0 spiro atoms. The molecule has 19 heavy (non-hydrogen) atoms. The second kappa shape index (κ2) is 7.62. The monoisotopic (exact) mass is 281 g/mol. The zero-order valence-corrected chi connectivity index (χ0v) is 12.1. The summed E-state index contributed by atoms with van der Waals surface area (Å²) in [6.45, 7) is 4.04. The Kier molecular flexibility index (Phi) is 5.82. The van der Waals surface area contributed by atoms with Crippen LogP contribution < -0.4 is 11.1 Å². The summed E-state index contributed by atoms with van der Waals surface area (Å²) < 4.78 is 0. The fourth-order valence-corrected chi connectivity index (χ4v) is 3.13. The van der Waals surface area contributed by atoms with Gasteiger partial charge in [0.25, 0.3) is 0 Å². The number of amides is 1. The van der Waals surface area contributed by atoms with E-state index in [1.807, 2.05) is 6.07 Å². The number of piperidine rings is 1. The molecule has 0 saturated carbocycles. The van der Waals surface area contributed by atoms with Crippen LogP contribution in [0.3, 0.4) is 0 Å². The lowest BCUT2D eigenvalue weighted by Gasteiger charge is -2.30. The van der Waals surface area contributed by atoms with Crippen LogP contribution in [0, 0.1) is 5.92 Å². The van der Waals surface area contributed by atoms with E-state index in [4.69, 9.17) is 5.73 Å². The summed E-state index contributed by atoms with van der Waals surface area (Å²) in [6, 6.07) is 4.15. The number of rotatable bonds is 6. The van der Waals surface area contributed by atoms with Crippen molar-refractivity contribution in [3.8, 4) is 0 Å². The van der Waals surface area contributed by atoms with Crippen LogP contribution in [-0.2, 0) is 11.2 Å². The largest absolute Gasteiger partial charge is 0.355 e. The molecule has 0 bridgehead atoms. The first-order valence-electron chi connectivity index (χ1n) is 6.99. The van der Waals surface area contributed by atoms with Gasteiger partial charge in [-0.3, -0.25) is 9.69 Å². The van der Waals surface area contributed by atoms with Crippen molar-refractivity contribution in [2.24, 2.45) is 11.7 Å². The minimum atomic E-state index is 0.141. The quantitative estimate of drug-likeness (QED) is 0.820. The minimum absolute atomic E-state index is 0.141. The Morgan fingerprint density at radius 3 is 2.89 bits per heavy atom. The average molecular weight is 281 g/mol. The molecular formula is C14H23N3OS. The Bertz CT molecular complexity index is 372. The van der Waals surface area contributed by atoms with Gasteiger partial charge in [-0.15, -0.1) is 11.3 Å². The van der Waals surface area contributed by atoms with E-state index in [1.54, 1.807) is 11.3 Å². The van der Waals surface area contributed by atoms with E-state index >= 15 is 0 Å². The summed E-state index contributed by atoms with van der Waals surface area (Å²) in [7, 11) is 0. The molecule has 1 aliphatic rings. The number of nitrogens with one attached hydrogen (secondary N) is 1. The van der Waals surface area contributed by atoms with Crippen LogP contribution in [0.4, 0.5) is 0 Å². The molecule has 4 nitrogen and oxygen atoms in total. The molecule has 0 aromatic carbocycles. The summed E-state index contributed by atoms with van der Waals surface area (Å²) in [4.78, 5) is 15.4. The molecule has 3 N–H and O–H groups in total. The van der Waals surface area contributed by atoms with Crippen molar-refractivity contribution in [3.63, 3.8) is 0 Å². The molecule has 106 valence electrons. The van der Waals surface area contributed by atoms with Crippen LogP contribution in [0.5, 0.6) is 0 Å². The second-order valence-electron chi connectivity index (χ2n) is 5.13. The number of thiophene rings is 1. The van der Waals surface area contributed by atoms with Gasteiger partial charge in [0.1, 0.15) is 0 Å². The number of carbonyl (C=O) groups is 1. The Hall–Kier alpha value is -0.910. The van der Waals surface area contributed by atoms with Crippen LogP contribution in [0.25, 0.3) is 0 Å². The topological polar surface area (TPSA) is 58.4 Å². The van der Waals surface area contributed by atoms with Gasteiger partial charge in [-0.1, -0.05) is 6.07 Å². The van der Waals surface area contributed by atoms with Crippen LogP contribution >= 0.6 is 11.3 Å². The smallest absolute Gasteiger partial charge is 0.234 e. The van der Waals surface area contributed by atoms with Gasteiger partial charge in [0.2, 0.25) is 5.91 Å². The first kappa shape index (κ1) is 14.5. The number of hydrogen-bond acceptors (Lipinski definition) is 4. The maximum absolute atomic E-state index is 11.8. The van der Waals surface area contributed by atoms with Crippen molar-refractivity contribution in [2.45, 2.75) is 19.3 Å². The van der Waals surface area contributed by atoms with Crippen LogP contribution in [0.1, 0.15) is 17.7 Å². The molecule has 2 heterocycles. The summed E-state index contributed by atoms with van der Waals surface area (Å²) in [5, 5.41) is 5.06. The predicted molar refractivity (Wildman–Crippen MR) is 79.3 cm³/mol. The van der Waals surface area contributed by atoms with Crippen molar-refractivity contribution in [3.05, 3.63) is 22.4 Å². The van der Waals surface area contributed by atoms with E-state index < -0.39 is 0 Å². The highest BCUT2D eigenvalue weighted by Gasteiger charge is 2.19. The van der Waals surface area contributed by atoms with Crippen molar-refractivity contribution >= 4 is 17.2 Å². The van der Waals surface area contributed by atoms with E-state index in [9.17, 15) is 4.79 Å². The van der Waals surface area contributed by atoms with E-state index in [2.05, 4.69) is 21.7 Å². The van der Waals surface area contributed by atoms with E-state index in [0.717, 1.165) is 45.4 Å². The molecule has 0 radical (unpaired) electrons. The number of nitrogens with zero attached hydrogens (tertiary/aromatic N) is 1. The Labute approximate surface area is 119 Å². The molecule has 0 aliphatic carbocycles. The van der Waals surface area contributed by atoms with Gasteiger partial charge in [-0.05, 0) is 56.3 Å². The number of carbonyl (C=O) groups excluding carboxylic acids is 1. The van der Waals surface area contributed by atoms with Crippen LogP contribution in [0.2, 0.25) is 0 Å². The summed E-state index contributed by atoms with van der Waals surface area (Å²) in [5.74, 6) is 0.792. The zero-order valence-electron chi connectivity index (χ0n) is 11.3. The Balaban J connectivity index is 1.59. The third-order valence-corrected chi connectivity index (χ3v) is 4.62. The molecule has 2 rings (SSSR count). The first-order chi connectivity index (χ1) is 9.28. The van der Waals surface area contributed by atoms with E-state index in [-0.39, 0.29) is 5.91 Å². The molecule has 1 aromatic heterocycles. The maximum Gasteiger partial charge on any atom is 0.234 e. The van der Waals surface area contributed by atoms with E-state index in [0.29, 0.717) is 12.5 Å². The first-order valence-corrected chi connectivity index (χ1v) is 7.87. The second-order valence-corrected chi connectivity index (χ2v) is 6.17. The summed E-state index contributed by atoms with van der Waals surface area (Å²) in [5.41, 5.74) is 5.67. The third kappa shape index (κ3) is 4.93. The standard InChI is InChI=1S/C14H23N3OS/c15-10-12-4-7-17(8-5-12)11-14(18)16-6-3-13-2-1-9-19-13/h1-2,9,12H,3-8,10-11,15H2,(H,16,18). The number of hydrogen-bond donors (Lipinski definition) is 2. The molecule has 0 unspecified atom stereocenters. The molecule has 1 amide bonds. The van der Waals surface area contributed by atoms with Crippen LogP contribution in [0.15, 0.2) is 17.5 Å². The minimum Gasteiger partial charge on any atom is -0.355 e. The highest BCUT2D eigenvalue weighted by molar-refractivity contribution is 7.09. The molecule has 1 fully saturated rings. The van der Waals surface area contributed by atoms with Gasteiger partial charge >= 0.3 is 0 Å². The zero-order chi connectivity index (χ0) is 13.5. The summed E-state index contributed by atoms with van der Waals surface area (Å²) >= 11 is 1.74. The summed E-state index contributed by atoms with van der Waals surface area (Å²) in [6.07, 6.45) is 3.18. The molecule has 1 aliphatic heterocycles. The Morgan fingerprint density at radius 1 is 1.47 bits per heavy atom. The fourth-order valence-electron chi connectivity index (χ4n) is 2.42. The number of nitrogens with two attached hydrogens (primary N) is 1. The fraction of sp³-hybridized carbons (Fsp3) is 0.643. The lowest BCUT2D eigenvalue weighted by Crippen LogP contribution is -2.42. The van der Waals surface area contributed by atoms with Crippen LogP contribution in [-0.4, -0.2) is 43.5 Å². The van der Waals surface area contributed by atoms with E-state index in [1.165, 1.54) is 4.88 Å². The molecule has 1 aromatic rings. The molecule has 0 atom stereocenters. The SMILES string of the molecule is NCC1CCN(CC(=O)NCCc2cccs2)CC1. The predicted octanol–water partition coefficient (Wildman–Crippen LogP) is 1.08. The third-order valence-electron chi connectivity index (χ3n) is 3.68. The van der Waals surface area contributed by atoms with Crippen molar-refractivity contribution < 1.29 is 4.79 Å². The van der Waals surface area contributed by atoms with Gasteiger partial charge in [-0.25, -0.2) is 0 Å². The molecular weight excluding hydrogens is 258 g/mol.